The summed E-state index contributed by atoms with van der Waals surface area (Å²) in [6.45, 7) is 0.454. The fraction of sp³-hybridized carbons (Fsp3) is 0.167. The zero-order valence-electron chi connectivity index (χ0n) is 9.93. The van der Waals surface area contributed by atoms with Gasteiger partial charge in [-0.2, -0.15) is 0 Å². The van der Waals surface area contributed by atoms with Crippen molar-refractivity contribution in [3.63, 3.8) is 0 Å². The molecule has 0 aliphatic carbocycles. The number of methoxy groups -OCH3 is 1. The third-order valence-corrected chi connectivity index (χ3v) is 2.44. The van der Waals surface area contributed by atoms with Crippen LogP contribution in [0.3, 0.4) is 0 Å². The van der Waals surface area contributed by atoms with Gasteiger partial charge in [0.2, 0.25) is 5.75 Å². The van der Waals surface area contributed by atoms with Gasteiger partial charge in [-0.25, -0.2) is 4.98 Å². The highest BCUT2D eigenvalue weighted by atomic mass is 16.5. The third-order valence-electron chi connectivity index (χ3n) is 2.44. The average Bonchev–Trinajstić information content (AvgIpc) is 2.39. The molecule has 1 aromatic carbocycles. The van der Waals surface area contributed by atoms with Crippen molar-refractivity contribution in [2.45, 2.75) is 6.54 Å². The van der Waals surface area contributed by atoms with E-state index >= 15 is 0 Å². The fourth-order valence-electron chi connectivity index (χ4n) is 1.58. The number of hydrogen-bond donors (Lipinski definition) is 3. The number of H-pyrrole nitrogens is 1. The van der Waals surface area contributed by atoms with Crippen LogP contribution in [0.15, 0.2) is 35.4 Å². The molecule has 0 spiro atoms. The van der Waals surface area contributed by atoms with Crippen LogP contribution in [0.25, 0.3) is 0 Å². The van der Waals surface area contributed by atoms with Crippen LogP contribution in [-0.4, -0.2) is 17.1 Å². The standard InChI is InChI=1S/C12H14N4O2/c1-18-10-11(14-7-15-12(10)17)16-9-4-2-3-8(5-9)6-13/h2-5,7H,6,13H2,1H3,(H2,14,15,16,17). The van der Waals surface area contributed by atoms with Crippen molar-refractivity contribution in [3.8, 4) is 5.75 Å². The second-order valence-corrected chi connectivity index (χ2v) is 3.64. The van der Waals surface area contributed by atoms with E-state index in [4.69, 9.17) is 10.5 Å². The van der Waals surface area contributed by atoms with Crippen molar-refractivity contribution < 1.29 is 4.74 Å². The average molecular weight is 246 g/mol. The Morgan fingerprint density at radius 2 is 2.33 bits per heavy atom. The molecule has 0 atom stereocenters. The summed E-state index contributed by atoms with van der Waals surface area (Å²) in [5.41, 5.74) is 7.03. The summed E-state index contributed by atoms with van der Waals surface area (Å²) in [6.07, 6.45) is 1.32. The lowest BCUT2D eigenvalue weighted by atomic mass is 10.2. The highest BCUT2D eigenvalue weighted by Gasteiger charge is 2.08. The Balaban J connectivity index is 2.33. The molecule has 0 aliphatic heterocycles. The first kappa shape index (κ1) is 12.1. The predicted molar refractivity (Wildman–Crippen MR) is 69.0 cm³/mol. The van der Waals surface area contributed by atoms with E-state index in [9.17, 15) is 4.79 Å². The summed E-state index contributed by atoms with van der Waals surface area (Å²) in [6, 6.07) is 7.56. The molecule has 0 aliphatic rings. The number of benzene rings is 1. The number of nitrogens with one attached hydrogen (secondary N) is 2. The highest BCUT2D eigenvalue weighted by Crippen LogP contribution is 2.21. The summed E-state index contributed by atoms with van der Waals surface area (Å²) in [5, 5.41) is 3.03. The highest BCUT2D eigenvalue weighted by molar-refractivity contribution is 5.61. The van der Waals surface area contributed by atoms with E-state index in [2.05, 4.69) is 15.3 Å². The van der Waals surface area contributed by atoms with E-state index in [1.807, 2.05) is 24.3 Å². The third kappa shape index (κ3) is 2.49. The Morgan fingerprint density at radius 3 is 3.06 bits per heavy atom. The Morgan fingerprint density at radius 1 is 1.50 bits per heavy atom. The molecule has 0 amide bonds. The van der Waals surface area contributed by atoms with Crippen molar-refractivity contribution in [2.24, 2.45) is 5.73 Å². The van der Waals surface area contributed by atoms with Crippen LogP contribution in [0.2, 0.25) is 0 Å². The van der Waals surface area contributed by atoms with Gasteiger partial charge >= 0.3 is 0 Å². The van der Waals surface area contributed by atoms with Crippen molar-refractivity contribution in [3.05, 3.63) is 46.5 Å². The van der Waals surface area contributed by atoms with Gasteiger partial charge in [0, 0.05) is 12.2 Å². The second kappa shape index (κ2) is 5.33. The molecule has 6 nitrogen and oxygen atoms in total. The van der Waals surface area contributed by atoms with Crippen LogP contribution in [0.4, 0.5) is 11.5 Å². The number of hydrogen-bond acceptors (Lipinski definition) is 5. The number of aromatic amines is 1. The van der Waals surface area contributed by atoms with Crippen molar-refractivity contribution in [1.29, 1.82) is 0 Å². The first-order chi connectivity index (χ1) is 8.74. The van der Waals surface area contributed by atoms with Gasteiger partial charge in [-0.15, -0.1) is 0 Å². The van der Waals surface area contributed by atoms with Gasteiger partial charge in [-0.3, -0.25) is 4.79 Å². The largest absolute Gasteiger partial charge is 0.489 e. The molecular formula is C12H14N4O2. The van der Waals surface area contributed by atoms with Gasteiger partial charge in [-0.05, 0) is 17.7 Å². The van der Waals surface area contributed by atoms with Crippen LogP contribution in [0.1, 0.15) is 5.56 Å². The van der Waals surface area contributed by atoms with Crippen LogP contribution in [-0.2, 0) is 6.54 Å². The molecular weight excluding hydrogens is 232 g/mol. The van der Waals surface area contributed by atoms with Crippen molar-refractivity contribution in [1.82, 2.24) is 9.97 Å². The Hall–Kier alpha value is -2.34. The van der Waals surface area contributed by atoms with Gasteiger partial charge in [0.25, 0.3) is 5.56 Å². The molecule has 0 saturated carbocycles. The lowest BCUT2D eigenvalue weighted by molar-refractivity contribution is 0.408. The Bertz CT molecular complexity index is 595. The maximum atomic E-state index is 11.5. The number of anilines is 2. The summed E-state index contributed by atoms with van der Waals surface area (Å²) < 4.78 is 5.01. The topological polar surface area (TPSA) is 93.0 Å². The van der Waals surface area contributed by atoms with Gasteiger partial charge in [0.05, 0.1) is 13.4 Å². The summed E-state index contributed by atoms with van der Waals surface area (Å²) in [5.74, 6) is 0.520. The monoisotopic (exact) mass is 246 g/mol. The normalized spacial score (nSPS) is 10.1. The summed E-state index contributed by atoms with van der Waals surface area (Å²) in [4.78, 5) is 18.0. The zero-order chi connectivity index (χ0) is 13.0. The van der Waals surface area contributed by atoms with E-state index in [1.165, 1.54) is 13.4 Å². The van der Waals surface area contributed by atoms with E-state index in [1.54, 1.807) is 0 Å². The maximum Gasteiger partial charge on any atom is 0.295 e. The van der Waals surface area contributed by atoms with E-state index in [0.717, 1.165) is 11.3 Å². The van der Waals surface area contributed by atoms with Crippen molar-refractivity contribution in [2.75, 3.05) is 12.4 Å². The summed E-state index contributed by atoms with van der Waals surface area (Å²) >= 11 is 0. The molecule has 4 N–H and O–H groups in total. The molecule has 0 saturated heterocycles. The molecule has 2 rings (SSSR count). The molecule has 0 fully saturated rings. The van der Waals surface area contributed by atoms with E-state index in [0.29, 0.717) is 12.4 Å². The molecule has 18 heavy (non-hydrogen) atoms. The predicted octanol–water partition coefficient (Wildman–Crippen LogP) is 0.981. The molecule has 0 bridgehead atoms. The SMILES string of the molecule is COc1c(Nc2cccc(CN)c2)nc[nH]c1=O. The minimum atomic E-state index is -0.329. The molecule has 2 aromatic rings. The Labute approximate surface area is 104 Å². The molecule has 94 valence electrons. The molecule has 0 radical (unpaired) electrons. The molecule has 1 aromatic heterocycles. The molecule has 6 heteroatoms. The number of ether oxygens (including phenoxy) is 1. The van der Waals surface area contributed by atoms with Gasteiger partial charge in [-0.1, -0.05) is 12.1 Å². The minimum absolute atomic E-state index is 0.149. The second-order valence-electron chi connectivity index (χ2n) is 3.64. The summed E-state index contributed by atoms with van der Waals surface area (Å²) in [7, 11) is 1.42. The van der Waals surface area contributed by atoms with Crippen LogP contribution < -0.4 is 21.3 Å². The number of rotatable bonds is 4. The quantitative estimate of drug-likeness (QED) is 0.747. The number of aromatic nitrogens is 2. The van der Waals surface area contributed by atoms with Crippen LogP contribution >= 0.6 is 0 Å². The molecule has 1 heterocycles. The number of nitrogens with zero attached hydrogens (tertiary/aromatic N) is 1. The lowest BCUT2D eigenvalue weighted by Crippen LogP contribution is -2.12. The van der Waals surface area contributed by atoms with Gasteiger partial charge in [0.15, 0.2) is 5.82 Å². The maximum absolute atomic E-state index is 11.5. The van der Waals surface area contributed by atoms with Crippen LogP contribution in [0.5, 0.6) is 5.75 Å². The minimum Gasteiger partial charge on any atom is -0.489 e. The smallest absolute Gasteiger partial charge is 0.295 e. The molecule has 0 unspecified atom stereocenters. The fourth-order valence-corrected chi connectivity index (χ4v) is 1.58. The Kier molecular flexibility index (Phi) is 3.59. The lowest BCUT2D eigenvalue weighted by Gasteiger charge is -2.09. The van der Waals surface area contributed by atoms with Gasteiger partial charge in [0.1, 0.15) is 0 Å². The van der Waals surface area contributed by atoms with Gasteiger partial charge < -0.3 is 20.8 Å². The first-order valence-electron chi connectivity index (χ1n) is 5.42. The van der Waals surface area contributed by atoms with E-state index in [-0.39, 0.29) is 11.3 Å². The van der Waals surface area contributed by atoms with E-state index < -0.39 is 0 Å². The number of nitrogens with two attached hydrogens (primary N) is 1. The zero-order valence-corrected chi connectivity index (χ0v) is 9.93. The van der Waals surface area contributed by atoms with Crippen molar-refractivity contribution >= 4 is 11.5 Å². The van der Waals surface area contributed by atoms with Crippen LogP contribution in [0, 0.1) is 0 Å². The first-order valence-corrected chi connectivity index (χ1v) is 5.42.